The van der Waals surface area contributed by atoms with Crippen LogP contribution >= 0.6 is 0 Å². The summed E-state index contributed by atoms with van der Waals surface area (Å²) in [7, 11) is 1.48. The number of benzene rings is 1. The van der Waals surface area contributed by atoms with E-state index in [4.69, 9.17) is 9.47 Å². The summed E-state index contributed by atoms with van der Waals surface area (Å²) in [6.07, 6.45) is 2.68. The van der Waals surface area contributed by atoms with E-state index in [1.54, 1.807) is 43.3 Å². The Hall–Kier alpha value is -3.29. The van der Waals surface area contributed by atoms with Crippen molar-refractivity contribution >= 4 is 11.8 Å². The molecule has 0 bridgehead atoms. The zero-order chi connectivity index (χ0) is 19.8. The predicted octanol–water partition coefficient (Wildman–Crippen LogP) is 2.66. The first-order chi connectivity index (χ1) is 13.0. The molecule has 0 fully saturated rings. The first-order valence-corrected chi connectivity index (χ1v) is 8.35. The number of hydrogen-bond acceptors (Lipinski definition) is 7. The zero-order valence-electron chi connectivity index (χ0n) is 15.0. The molecule has 27 heavy (non-hydrogen) atoms. The van der Waals surface area contributed by atoms with Gasteiger partial charge in [-0.15, -0.1) is 0 Å². The smallest absolute Gasteiger partial charge is 0.382 e. The molecule has 0 N–H and O–H groups in total. The highest BCUT2D eigenvalue weighted by molar-refractivity contribution is 5.97. The molecule has 0 spiro atoms. The SMILES string of the molecule is CCOC(=O)C(C(CC(=O)c1cccc(OC)c1)c1ccncc1)[N+](=O)[O-]. The molecule has 8 heteroatoms. The molecule has 1 aromatic carbocycles. The number of nitro groups is 1. The quantitative estimate of drug-likeness (QED) is 0.288. The second-order valence-electron chi connectivity index (χ2n) is 5.73. The molecule has 1 heterocycles. The Kier molecular flexibility index (Phi) is 6.99. The van der Waals surface area contributed by atoms with E-state index in [0.29, 0.717) is 16.9 Å². The lowest BCUT2D eigenvalue weighted by atomic mass is 9.86. The van der Waals surface area contributed by atoms with Gasteiger partial charge in [0, 0.05) is 29.3 Å². The molecule has 8 nitrogen and oxygen atoms in total. The van der Waals surface area contributed by atoms with Gasteiger partial charge in [0.15, 0.2) is 5.78 Å². The first-order valence-electron chi connectivity index (χ1n) is 8.35. The minimum atomic E-state index is -1.69. The van der Waals surface area contributed by atoms with E-state index in [-0.39, 0.29) is 18.8 Å². The van der Waals surface area contributed by atoms with Gasteiger partial charge in [-0.2, -0.15) is 0 Å². The van der Waals surface area contributed by atoms with E-state index in [0.717, 1.165) is 0 Å². The number of pyridine rings is 1. The van der Waals surface area contributed by atoms with Gasteiger partial charge in [-0.25, -0.2) is 4.79 Å². The fourth-order valence-corrected chi connectivity index (χ4v) is 2.76. The van der Waals surface area contributed by atoms with Crippen molar-refractivity contribution in [1.82, 2.24) is 4.98 Å². The Bertz CT molecular complexity index is 809. The first kappa shape index (κ1) is 20.0. The molecule has 142 valence electrons. The second kappa shape index (κ2) is 9.42. The summed E-state index contributed by atoms with van der Waals surface area (Å²) in [6.45, 7) is 1.58. The number of aromatic nitrogens is 1. The van der Waals surface area contributed by atoms with E-state index < -0.39 is 22.9 Å². The molecule has 0 radical (unpaired) electrons. The summed E-state index contributed by atoms with van der Waals surface area (Å²) < 4.78 is 9.97. The fourth-order valence-electron chi connectivity index (χ4n) is 2.76. The number of ether oxygens (including phenoxy) is 2. The lowest BCUT2D eigenvalue weighted by Gasteiger charge is -2.19. The topological polar surface area (TPSA) is 109 Å². The highest BCUT2D eigenvalue weighted by atomic mass is 16.6. The lowest BCUT2D eigenvalue weighted by molar-refractivity contribution is -0.514. The van der Waals surface area contributed by atoms with Crippen molar-refractivity contribution in [2.75, 3.05) is 13.7 Å². The second-order valence-corrected chi connectivity index (χ2v) is 5.73. The number of Topliss-reactive ketones (excluding diaryl/α,β-unsaturated/α-hetero) is 1. The third-order valence-electron chi connectivity index (χ3n) is 4.07. The summed E-state index contributed by atoms with van der Waals surface area (Å²) in [5.74, 6) is -1.80. The molecule has 2 atom stereocenters. The van der Waals surface area contributed by atoms with Gasteiger partial charge in [-0.05, 0) is 36.8 Å². The van der Waals surface area contributed by atoms with Gasteiger partial charge >= 0.3 is 12.0 Å². The maximum absolute atomic E-state index is 12.8. The van der Waals surface area contributed by atoms with E-state index in [1.807, 2.05) is 0 Å². The summed E-state index contributed by atoms with van der Waals surface area (Å²) in [5.41, 5.74) is 0.815. The van der Waals surface area contributed by atoms with Crippen LogP contribution in [-0.4, -0.2) is 41.4 Å². The molecular formula is C19H20N2O6. The molecule has 2 aromatic rings. The van der Waals surface area contributed by atoms with Crippen LogP contribution in [0, 0.1) is 10.1 Å². The van der Waals surface area contributed by atoms with Gasteiger partial charge in [-0.3, -0.25) is 19.9 Å². The summed E-state index contributed by atoms with van der Waals surface area (Å²) in [5, 5.41) is 11.6. The monoisotopic (exact) mass is 372 g/mol. The number of nitrogens with zero attached hydrogens (tertiary/aromatic N) is 2. The maximum Gasteiger partial charge on any atom is 0.382 e. The molecule has 0 saturated carbocycles. The van der Waals surface area contributed by atoms with Gasteiger partial charge in [-0.1, -0.05) is 12.1 Å². The van der Waals surface area contributed by atoms with Crippen molar-refractivity contribution in [3.63, 3.8) is 0 Å². The highest BCUT2D eigenvalue weighted by Gasteiger charge is 2.42. The van der Waals surface area contributed by atoms with Gasteiger partial charge < -0.3 is 9.47 Å². The van der Waals surface area contributed by atoms with E-state index in [9.17, 15) is 19.7 Å². The standard InChI is InChI=1S/C19H20N2O6/c1-3-27-19(23)18(21(24)25)16(13-7-9-20-10-8-13)12-17(22)14-5-4-6-15(11-14)26-2/h4-11,16,18H,3,12H2,1-2H3. The van der Waals surface area contributed by atoms with Crippen LogP contribution in [0.25, 0.3) is 0 Å². The Labute approximate surface area is 156 Å². The van der Waals surface area contributed by atoms with Crippen molar-refractivity contribution in [2.24, 2.45) is 0 Å². The maximum atomic E-state index is 12.8. The highest BCUT2D eigenvalue weighted by Crippen LogP contribution is 2.28. The number of esters is 1. The third kappa shape index (κ3) is 5.10. The van der Waals surface area contributed by atoms with Crippen molar-refractivity contribution in [2.45, 2.75) is 25.3 Å². The minimum absolute atomic E-state index is 0.00999. The number of rotatable bonds is 9. The van der Waals surface area contributed by atoms with Gasteiger partial charge in [0.25, 0.3) is 0 Å². The van der Waals surface area contributed by atoms with Crippen molar-refractivity contribution in [1.29, 1.82) is 0 Å². The van der Waals surface area contributed by atoms with Gasteiger partial charge in [0.1, 0.15) is 5.75 Å². The molecule has 2 unspecified atom stereocenters. The van der Waals surface area contributed by atoms with Crippen LogP contribution in [0.3, 0.4) is 0 Å². The van der Waals surface area contributed by atoms with Gasteiger partial charge in [0.05, 0.1) is 19.6 Å². The number of ketones is 1. The third-order valence-corrected chi connectivity index (χ3v) is 4.07. The Morgan fingerprint density at radius 1 is 1.22 bits per heavy atom. The molecule has 1 aromatic heterocycles. The summed E-state index contributed by atoms with van der Waals surface area (Å²) in [4.78, 5) is 39.8. The lowest BCUT2D eigenvalue weighted by Crippen LogP contribution is -2.38. The molecule has 0 saturated heterocycles. The number of carbonyl (C=O) groups is 2. The number of carbonyl (C=O) groups excluding carboxylic acids is 2. The average molecular weight is 372 g/mol. The van der Waals surface area contributed by atoms with Crippen LogP contribution in [0.2, 0.25) is 0 Å². The summed E-state index contributed by atoms with van der Waals surface area (Å²) >= 11 is 0. The minimum Gasteiger partial charge on any atom is -0.497 e. The van der Waals surface area contributed by atoms with Crippen molar-refractivity contribution < 1.29 is 24.0 Å². The van der Waals surface area contributed by atoms with Crippen LogP contribution in [0.4, 0.5) is 0 Å². The zero-order valence-corrected chi connectivity index (χ0v) is 15.0. The number of methoxy groups -OCH3 is 1. The Morgan fingerprint density at radius 2 is 1.93 bits per heavy atom. The normalized spacial score (nSPS) is 12.7. The Morgan fingerprint density at radius 3 is 2.52 bits per heavy atom. The van der Waals surface area contributed by atoms with E-state index >= 15 is 0 Å². The summed E-state index contributed by atoms with van der Waals surface area (Å²) in [6, 6.07) is 7.91. The molecule has 0 aliphatic heterocycles. The van der Waals surface area contributed by atoms with Gasteiger partial charge in [0.2, 0.25) is 0 Å². The van der Waals surface area contributed by atoms with Crippen LogP contribution in [0.15, 0.2) is 48.8 Å². The molecule has 2 rings (SSSR count). The Balaban J connectivity index is 2.38. The fraction of sp³-hybridized carbons (Fsp3) is 0.316. The van der Waals surface area contributed by atoms with Crippen LogP contribution < -0.4 is 4.74 Å². The predicted molar refractivity (Wildman–Crippen MR) is 96.3 cm³/mol. The van der Waals surface area contributed by atoms with Crippen LogP contribution in [0.5, 0.6) is 5.75 Å². The van der Waals surface area contributed by atoms with E-state index in [2.05, 4.69) is 4.98 Å². The van der Waals surface area contributed by atoms with Crippen molar-refractivity contribution in [3.05, 3.63) is 70.0 Å². The van der Waals surface area contributed by atoms with Crippen molar-refractivity contribution in [3.8, 4) is 5.75 Å². The molecule has 0 aliphatic carbocycles. The average Bonchev–Trinajstić information content (AvgIpc) is 2.68. The van der Waals surface area contributed by atoms with E-state index in [1.165, 1.54) is 19.5 Å². The van der Waals surface area contributed by atoms with Crippen LogP contribution in [-0.2, 0) is 9.53 Å². The molecule has 0 aliphatic rings. The largest absolute Gasteiger partial charge is 0.497 e. The molecule has 0 amide bonds. The molecular weight excluding hydrogens is 352 g/mol. The van der Waals surface area contributed by atoms with Crippen LogP contribution in [0.1, 0.15) is 35.2 Å². The number of hydrogen-bond donors (Lipinski definition) is 0.